The van der Waals surface area contributed by atoms with Gasteiger partial charge < -0.3 is 5.11 Å². The van der Waals surface area contributed by atoms with Crippen LogP contribution in [0.1, 0.15) is 15.9 Å². The molecule has 0 radical (unpaired) electrons. The van der Waals surface area contributed by atoms with Crippen LogP contribution in [0.5, 0.6) is 0 Å². The van der Waals surface area contributed by atoms with Gasteiger partial charge in [-0.2, -0.15) is 0 Å². The number of aromatic carboxylic acids is 1. The summed E-state index contributed by atoms with van der Waals surface area (Å²) in [5.74, 6) is -0.583. The van der Waals surface area contributed by atoms with Crippen molar-refractivity contribution in [3.05, 3.63) is 68.7 Å². The second kappa shape index (κ2) is 6.60. The molecule has 0 unspecified atom stereocenters. The van der Waals surface area contributed by atoms with E-state index in [0.29, 0.717) is 5.75 Å². The molecule has 0 aromatic heterocycles. The average Bonchev–Trinajstić information content (AvgIpc) is 2.46. The topological polar surface area (TPSA) is 80.4 Å². The molecular weight excluding hydrogens is 314 g/mol. The highest BCUT2D eigenvalue weighted by atomic mass is 35.5. The Morgan fingerprint density at radius 3 is 2.71 bits per heavy atom. The number of hydrogen-bond donors (Lipinski definition) is 1. The number of nitrogens with zero attached hydrogens (tertiary/aromatic N) is 1. The van der Waals surface area contributed by atoms with E-state index < -0.39 is 10.9 Å². The Labute approximate surface area is 129 Å². The Morgan fingerprint density at radius 2 is 2.05 bits per heavy atom. The minimum atomic E-state index is -1.09. The molecule has 5 nitrogen and oxygen atoms in total. The summed E-state index contributed by atoms with van der Waals surface area (Å²) in [6.07, 6.45) is 0. The van der Waals surface area contributed by atoms with Crippen molar-refractivity contribution in [1.29, 1.82) is 0 Å². The number of rotatable bonds is 5. The third-order valence-electron chi connectivity index (χ3n) is 2.70. The van der Waals surface area contributed by atoms with Crippen LogP contribution < -0.4 is 0 Å². The lowest BCUT2D eigenvalue weighted by molar-refractivity contribution is -0.384. The van der Waals surface area contributed by atoms with Gasteiger partial charge in [-0.05, 0) is 23.8 Å². The van der Waals surface area contributed by atoms with E-state index in [4.69, 9.17) is 16.7 Å². The standard InChI is InChI=1S/C14H10ClNO4S/c15-13-5-4-11(7-12(13)14(17)18)21-8-9-2-1-3-10(6-9)16(19)20/h1-7H,8H2,(H,17,18). The predicted molar refractivity (Wildman–Crippen MR) is 81.1 cm³/mol. The minimum absolute atomic E-state index is 0.0374. The van der Waals surface area contributed by atoms with Crippen molar-refractivity contribution in [2.24, 2.45) is 0 Å². The van der Waals surface area contributed by atoms with E-state index in [1.807, 2.05) is 0 Å². The van der Waals surface area contributed by atoms with Crippen molar-refractivity contribution < 1.29 is 14.8 Å². The summed E-state index contributed by atoms with van der Waals surface area (Å²) in [5.41, 5.74) is 0.872. The van der Waals surface area contributed by atoms with Crippen LogP contribution in [-0.4, -0.2) is 16.0 Å². The van der Waals surface area contributed by atoms with Crippen molar-refractivity contribution >= 4 is 35.0 Å². The molecule has 0 saturated heterocycles. The fraction of sp³-hybridized carbons (Fsp3) is 0.0714. The molecule has 2 aromatic rings. The number of thioether (sulfide) groups is 1. The number of carbonyl (C=O) groups is 1. The summed E-state index contributed by atoms with van der Waals surface area (Å²) in [5, 5.41) is 19.9. The van der Waals surface area contributed by atoms with E-state index in [9.17, 15) is 14.9 Å². The molecule has 7 heteroatoms. The van der Waals surface area contributed by atoms with E-state index in [-0.39, 0.29) is 16.3 Å². The van der Waals surface area contributed by atoms with Crippen LogP contribution in [0.4, 0.5) is 5.69 Å². The van der Waals surface area contributed by atoms with E-state index in [1.54, 1.807) is 18.2 Å². The maximum Gasteiger partial charge on any atom is 0.337 e. The Kier molecular flexibility index (Phi) is 4.82. The molecule has 1 N–H and O–H groups in total. The molecule has 0 aliphatic rings. The van der Waals surface area contributed by atoms with Crippen LogP contribution in [0.3, 0.4) is 0 Å². The normalized spacial score (nSPS) is 10.3. The molecule has 21 heavy (non-hydrogen) atoms. The summed E-state index contributed by atoms with van der Waals surface area (Å²) < 4.78 is 0. The highest BCUT2D eigenvalue weighted by Crippen LogP contribution is 2.28. The van der Waals surface area contributed by atoms with Gasteiger partial charge in [0.1, 0.15) is 0 Å². The first-order valence-corrected chi connectivity index (χ1v) is 7.22. The van der Waals surface area contributed by atoms with Gasteiger partial charge in [0.15, 0.2) is 0 Å². The summed E-state index contributed by atoms with van der Waals surface area (Å²) in [6.45, 7) is 0. The van der Waals surface area contributed by atoms with Crippen LogP contribution in [0.25, 0.3) is 0 Å². The number of hydrogen-bond acceptors (Lipinski definition) is 4. The van der Waals surface area contributed by atoms with Crippen LogP contribution in [-0.2, 0) is 5.75 Å². The number of benzene rings is 2. The summed E-state index contributed by atoms with van der Waals surface area (Å²) >= 11 is 7.19. The zero-order valence-corrected chi connectivity index (χ0v) is 12.2. The molecule has 2 aromatic carbocycles. The molecule has 2 rings (SSSR count). The molecule has 0 fully saturated rings. The number of nitro groups is 1. The maximum absolute atomic E-state index is 11.0. The summed E-state index contributed by atoms with van der Waals surface area (Å²) in [6, 6.07) is 11.1. The first-order chi connectivity index (χ1) is 9.97. The van der Waals surface area contributed by atoms with Crippen molar-refractivity contribution in [3.8, 4) is 0 Å². The van der Waals surface area contributed by atoms with E-state index in [1.165, 1.54) is 36.0 Å². The molecule has 0 aliphatic heterocycles. The SMILES string of the molecule is O=C(O)c1cc(SCc2cccc([N+](=O)[O-])c2)ccc1Cl. The molecule has 0 aliphatic carbocycles. The van der Waals surface area contributed by atoms with Crippen molar-refractivity contribution in [2.45, 2.75) is 10.6 Å². The second-order valence-electron chi connectivity index (χ2n) is 4.16. The Bertz CT molecular complexity index is 705. The number of halogens is 1. The van der Waals surface area contributed by atoms with Gasteiger partial charge in [-0.1, -0.05) is 23.7 Å². The van der Waals surface area contributed by atoms with Crippen molar-refractivity contribution in [1.82, 2.24) is 0 Å². The summed E-state index contributed by atoms with van der Waals surface area (Å²) in [4.78, 5) is 22.0. The van der Waals surface area contributed by atoms with Crippen LogP contribution in [0.2, 0.25) is 5.02 Å². The molecule has 0 heterocycles. The molecular formula is C14H10ClNO4S. The largest absolute Gasteiger partial charge is 0.478 e. The third kappa shape index (κ3) is 3.96. The minimum Gasteiger partial charge on any atom is -0.478 e. The number of carboxylic acid groups (broad SMARTS) is 1. The maximum atomic E-state index is 11.0. The van der Waals surface area contributed by atoms with Crippen molar-refractivity contribution in [2.75, 3.05) is 0 Å². The molecule has 0 atom stereocenters. The van der Waals surface area contributed by atoms with Gasteiger partial charge in [0.2, 0.25) is 0 Å². The lowest BCUT2D eigenvalue weighted by Gasteiger charge is -2.05. The average molecular weight is 324 g/mol. The Hall–Kier alpha value is -2.05. The van der Waals surface area contributed by atoms with E-state index in [0.717, 1.165) is 10.5 Å². The van der Waals surface area contributed by atoms with Gasteiger partial charge >= 0.3 is 5.97 Å². The highest BCUT2D eigenvalue weighted by molar-refractivity contribution is 7.98. The van der Waals surface area contributed by atoms with Crippen LogP contribution in [0.15, 0.2) is 47.4 Å². The number of carboxylic acids is 1. The molecule has 0 amide bonds. The van der Waals surface area contributed by atoms with Gasteiger partial charge in [-0.15, -0.1) is 11.8 Å². The first-order valence-electron chi connectivity index (χ1n) is 5.86. The quantitative estimate of drug-likeness (QED) is 0.505. The lowest BCUT2D eigenvalue weighted by atomic mass is 10.2. The molecule has 0 spiro atoms. The van der Waals surface area contributed by atoms with Gasteiger partial charge in [0, 0.05) is 22.8 Å². The summed E-state index contributed by atoms with van der Waals surface area (Å²) in [7, 11) is 0. The van der Waals surface area contributed by atoms with E-state index >= 15 is 0 Å². The number of nitro benzene ring substituents is 1. The zero-order chi connectivity index (χ0) is 15.4. The van der Waals surface area contributed by atoms with Gasteiger partial charge in [0.25, 0.3) is 5.69 Å². The van der Waals surface area contributed by atoms with Crippen LogP contribution >= 0.6 is 23.4 Å². The third-order valence-corrected chi connectivity index (χ3v) is 4.09. The molecule has 108 valence electrons. The first kappa shape index (κ1) is 15.3. The fourth-order valence-corrected chi connectivity index (χ4v) is 2.76. The van der Waals surface area contributed by atoms with Gasteiger partial charge in [-0.3, -0.25) is 10.1 Å². The predicted octanol–water partition coefficient (Wildman–Crippen LogP) is 4.24. The van der Waals surface area contributed by atoms with Crippen LogP contribution in [0, 0.1) is 10.1 Å². The fourth-order valence-electron chi connectivity index (χ4n) is 1.68. The van der Waals surface area contributed by atoms with Crippen molar-refractivity contribution in [3.63, 3.8) is 0 Å². The molecule has 0 saturated carbocycles. The highest BCUT2D eigenvalue weighted by Gasteiger charge is 2.10. The van der Waals surface area contributed by atoms with E-state index in [2.05, 4.69) is 0 Å². The van der Waals surface area contributed by atoms with Gasteiger partial charge in [0.05, 0.1) is 15.5 Å². The molecule has 0 bridgehead atoms. The number of non-ortho nitro benzene ring substituents is 1. The zero-order valence-electron chi connectivity index (χ0n) is 10.7. The lowest BCUT2D eigenvalue weighted by Crippen LogP contribution is -1.97. The Morgan fingerprint density at radius 1 is 1.29 bits per heavy atom. The smallest absolute Gasteiger partial charge is 0.337 e. The monoisotopic (exact) mass is 323 g/mol. The second-order valence-corrected chi connectivity index (χ2v) is 5.62. The Balaban J connectivity index is 2.13. The van der Waals surface area contributed by atoms with Gasteiger partial charge in [-0.25, -0.2) is 4.79 Å².